The third-order valence-electron chi connectivity index (χ3n) is 6.16. The van der Waals surface area contributed by atoms with Crippen LogP contribution in [-0.2, 0) is 20.8 Å². The molecule has 0 radical (unpaired) electrons. The Bertz CT molecular complexity index is 691. The molecular weight excluding hydrogens is 364 g/mol. The molecule has 5 heteroatoms. The van der Waals surface area contributed by atoms with Gasteiger partial charge in [0.05, 0.1) is 0 Å². The largest absolute Gasteiger partial charge is 0.354 e. The highest BCUT2D eigenvalue weighted by molar-refractivity contribution is 6.46. The van der Waals surface area contributed by atoms with E-state index in [1.54, 1.807) is 13.8 Å². The molecule has 1 amide bonds. The van der Waals surface area contributed by atoms with Gasteiger partial charge in [-0.2, -0.15) is 0 Å². The highest BCUT2D eigenvalue weighted by Crippen LogP contribution is 2.28. The van der Waals surface area contributed by atoms with E-state index >= 15 is 0 Å². The number of hydrogen-bond acceptors (Lipinski definition) is 4. The minimum Gasteiger partial charge on any atom is -0.354 e. The summed E-state index contributed by atoms with van der Waals surface area (Å²) in [6.45, 7) is 6.54. The lowest BCUT2D eigenvalue weighted by Crippen LogP contribution is -2.66. The van der Waals surface area contributed by atoms with Crippen LogP contribution in [0.5, 0.6) is 0 Å². The molecule has 1 aliphatic rings. The average molecular weight is 401 g/mol. The van der Waals surface area contributed by atoms with Gasteiger partial charge in [-0.3, -0.25) is 19.7 Å². The maximum absolute atomic E-state index is 13.1. The molecule has 5 nitrogen and oxygen atoms in total. The summed E-state index contributed by atoms with van der Waals surface area (Å²) in [6.07, 6.45) is 6.58. The van der Waals surface area contributed by atoms with Crippen molar-refractivity contribution in [3.63, 3.8) is 0 Å². The van der Waals surface area contributed by atoms with Gasteiger partial charge >= 0.3 is 0 Å². The van der Waals surface area contributed by atoms with Crippen LogP contribution in [0.25, 0.3) is 0 Å². The third kappa shape index (κ3) is 5.99. The molecule has 2 rings (SSSR count). The molecule has 0 spiro atoms. The second-order valence-corrected chi connectivity index (χ2v) is 8.74. The zero-order chi connectivity index (χ0) is 21.3. The summed E-state index contributed by atoms with van der Waals surface area (Å²) in [6, 6.07) is 10.4. The first-order valence-corrected chi connectivity index (χ1v) is 11.0. The maximum atomic E-state index is 13.1. The minimum absolute atomic E-state index is 0.342. The molecule has 1 fully saturated rings. The summed E-state index contributed by atoms with van der Waals surface area (Å²) in [7, 11) is 0. The summed E-state index contributed by atoms with van der Waals surface area (Å²) in [5.41, 5.74) is -0.822. The Kier molecular flexibility index (Phi) is 8.57. The van der Waals surface area contributed by atoms with Crippen LogP contribution >= 0.6 is 0 Å². The van der Waals surface area contributed by atoms with E-state index in [0.29, 0.717) is 25.9 Å². The number of unbranched alkanes of at least 4 members (excludes halogenated alkanes) is 2. The number of Topliss-reactive ketones (excluding diaryl/α,β-unsaturated/α-hetero) is 2. The van der Waals surface area contributed by atoms with Crippen LogP contribution in [0, 0.1) is 5.41 Å². The molecular formula is C24H36N2O3. The Morgan fingerprint density at radius 3 is 2.41 bits per heavy atom. The zero-order valence-corrected chi connectivity index (χ0v) is 18.2. The number of benzene rings is 1. The Hall–Kier alpha value is -2.01. The van der Waals surface area contributed by atoms with Gasteiger partial charge in [-0.15, -0.1) is 0 Å². The van der Waals surface area contributed by atoms with Crippen molar-refractivity contribution < 1.29 is 14.4 Å². The van der Waals surface area contributed by atoms with E-state index < -0.39 is 22.5 Å². The average Bonchev–Trinajstić information content (AvgIpc) is 2.76. The van der Waals surface area contributed by atoms with Crippen LogP contribution in [0.15, 0.2) is 30.3 Å². The van der Waals surface area contributed by atoms with E-state index in [1.807, 2.05) is 25.1 Å². The first-order chi connectivity index (χ1) is 13.8. The molecule has 1 aromatic carbocycles. The van der Waals surface area contributed by atoms with Crippen LogP contribution in [0.1, 0.15) is 71.3 Å². The van der Waals surface area contributed by atoms with Crippen molar-refractivity contribution in [3.05, 3.63) is 35.9 Å². The van der Waals surface area contributed by atoms with E-state index in [4.69, 9.17) is 0 Å². The van der Waals surface area contributed by atoms with Crippen molar-refractivity contribution in [1.29, 1.82) is 0 Å². The molecule has 0 aliphatic carbocycles. The topological polar surface area (TPSA) is 75.3 Å². The van der Waals surface area contributed by atoms with Gasteiger partial charge in [0.1, 0.15) is 0 Å². The first-order valence-electron chi connectivity index (χ1n) is 11.0. The van der Waals surface area contributed by atoms with Gasteiger partial charge in [0.15, 0.2) is 5.54 Å². The van der Waals surface area contributed by atoms with Crippen LogP contribution < -0.4 is 10.6 Å². The number of carbonyl (C=O) groups excluding carboxylic acids is 3. The van der Waals surface area contributed by atoms with Crippen LogP contribution in [0.2, 0.25) is 0 Å². The number of aryl methyl sites for hydroxylation is 1. The maximum Gasteiger partial charge on any atom is 0.248 e. The molecule has 0 saturated carbocycles. The lowest BCUT2D eigenvalue weighted by atomic mass is 9.74. The molecule has 1 atom stereocenters. The Morgan fingerprint density at radius 2 is 1.79 bits per heavy atom. The predicted molar refractivity (Wildman–Crippen MR) is 116 cm³/mol. The fraction of sp³-hybridized carbons (Fsp3) is 0.625. The Morgan fingerprint density at radius 1 is 1.07 bits per heavy atom. The number of piperidine rings is 1. The summed E-state index contributed by atoms with van der Waals surface area (Å²) >= 11 is 0. The van der Waals surface area contributed by atoms with Crippen molar-refractivity contribution in [1.82, 2.24) is 10.6 Å². The van der Waals surface area contributed by atoms with E-state index in [2.05, 4.69) is 22.8 Å². The lowest BCUT2D eigenvalue weighted by Gasteiger charge is -2.36. The minimum atomic E-state index is -1.40. The summed E-state index contributed by atoms with van der Waals surface area (Å²) in [5, 5.41) is 6.02. The summed E-state index contributed by atoms with van der Waals surface area (Å²) < 4.78 is 0. The number of nitrogens with one attached hydrogen (secondary N) is 2. The number of hydrogen-bond donors (Lipinski definition) is 2. The van der Waals surface area contributed by atoms with Crippen LogP contribution in [0.4, 0.5) is 0 Å². The van der Waals surface area contributed by atoms with Crippen molar-refractivity contribution in [2.75, 3.05) is 13.1 Å². The van der Waals surface area contributed by atoms with Gasteiger partial charge in [0, 0.05) is 12.0 Å². The quantitative estimate of drug-likeness (QED) is 0.338. The van der Waals surface area contributed by atoms with Crippen LogP contribution in [0.3, 0.4) is 0 Å². The molecule has 1 aromatic rings. The second kappa shape index (κ2) is 10.7. The molecule has 1 unspecified atom stereocenters. The van der Waals surface area contributed by atoms with Crippen LogP contribution in [-0.4, -0.2) is 36.1 Å². The fourth-order valence-corrected chi connectivity index (χ4v) is 3.69. The first kappa shape index (κ1) is 23.3. The highest BCUT2D eigenvalue weighted by atomic mass is 16.2. The molecule has 2 N–H and O–H groups in total. The number of rotatable bonds is 11. The van der Waals surface area contributed by atoms with Crippen molar-refractivity contribution >= 4 is 17.5 Å². The van der Waals surface area contributed by atoms with E-state index in [0.717, 1.165) is 38.5 Å². The lowest BCUT2D eigenvalue weighted by molar-refractivity contribution is -0.150. The Labute approximate surface area is 175 Å². The van der Waals surface area contributed by atoms with Gasteiger partial charge in [-0.05, 0) is 57.1 Å². The highest BCUT2D eigenvalue weighted by Gasteiger charge is 2.51. The van der Waals surface area contributed by atoms with Gasteiger partial charge in [0.2, 0.25) is 17.5 Å². The van der Waals surface area contributed by atoms with Crippen molar-refractivity contribution in [3.8, 4) is 0 Å². The zero-order valence-electron chi connectivity index (χ0n) is 18.2. The molecule has 1 saturated heterocycles. The molecule has 29 heavy (non-hydrogen) atoms. The normalized spacial score (nSPS) is 19.6. The number of carbonyl (C=O) groups is 3. The predicted octanol–water partition coefficient (Wildman–Crippen LogP) is 3.60. The number of amides is 1. The van der Waals surface area contributed by atoms with E-state index in [1.165, 1.54) is 5.56 Å². The standard InChI is InChI=1S/C24H36N2O3/c1-4-23(2,3)20(27)21(28)24(16-10-12-18-26-24)22(29)25-17-11-6-9-15-19-13-7-5-8-14-19/h5,7-8,13-14,26H,4,6,9-12,15-18H2,1-3H3,(H,25,29). The second-order valence-electron chi connectivity index (χ2n) is 8.74. The monoisotopic (exact) mass is 400 g/mol. The molecule has 0 bridgehead atoms. The SMILES string of the molecule is CCC(C)(C)C(=O)C(=O)C1(C(=O)NCCCCCc2ccccc2)CCCCN1. The van der Waals surface area contributed by atoms with E-state index in [-0.39, 0.29) is 5.91 Å². The number of ketones is 2. The van der Waals surface area contributed by atoms with Gasteiger partial charge in [-0.25, -0.2) is 0 Å². The Balaban J connectivity index is 1.88. The molecule has 0 aromatic heterocycles. The molecule has 1 heterocycles. The van der Waals surface area contributed by atoms with Crippen molar-refractivity contribution in [2.24, 2.45) is 5.41 Å². The summed E-state index contributed by atoms with van der Waals surface area (Å²) in [5.74, 6) is -1.37. The van der Waals surface area contributed by atoms with Gasteiger partial charge in [-0.1, -0.05) is 57.5 Å². The van der Waals surface area contributed by atoms with Gasteiger partial charge < -0.3 is 5.32 Å². The fourth-order valence-electron chi connectivity index (χ4n) is 3.69. The van der Waals surface area contributed by atoms with Crippen molar-refractivity contribution in [2.45, 2.75) is 77.7 Å². The summed E-state index contributed by atoms with van der Waals surface area (Å²) in [4.78, 5) is 38.9. The molecule has 160 valence electrons. The third-order valence-corrected chi connectivity index (χ3v) is 6.16. The molecule has 1 aliphatic heterocycles. The van der Waals surface area contributed by atoms with E-state index in [9.17, 15) is 14.4 Å². The van der Waals surface area contributed by atoms with Gasteiger partial charge in [0.25, 0.3) is 0 Å². The smallest absolute Gasteiger partial charge is 0.248 e.